The molecule has 2 unspecified atom stereocenters. The molecule has 0 aliphatic carbocycles. The van der Waals surface area contributed by atoms with E-state index >= 15 is 0 Å². The molecule has 1 aliphatic heterocycles. The van der Waals surface area contributed by atoms with Crippen molar-refractivity contribution >= 4 is 0 Å². The molecular weight excluding hydrogens is 222 g/mol. The van der Waals surface area contributed by atoms with Crippen molar-refractivity contribution in [1.29, 1.82) is 0 Å². The number of hydrogen-bond donors (Lipinski definition) is 1. The molecule has 1 N–H and O–H groups in total. The molecule has 2 heteroatoms. The van der Waals surface area contributed by atoms with Gasteiger partial charge >= 0.3 is 0 Å². The second kappa shape index (κ2) is 6.24. The van der Waals surface area contributed by atoms with E-state index in [1.807, 2.05) is 0 Å². The maximum absolute atomic E-state index is 5.44. The number of benzene rings is 1. The fourth-order valence-corrected chi connectivity index (χ4v) is 2.87. The van der Waals surface area contributed by atoms with E-state index in [2.05, 4.69) is 37.4 Å². The summed E-state index contributed by atoms with van der Waals surface area (Å²) in [6, 6.07) is 7.13. The molecule has 18 heavy (non-hydrogen) atoms. The van der Waals surface area contributed by atoms with Crippen molar-refractivity contribution in [2.24, 2.45) is 5.92 Å². The van der Waals surface area contributed by atoms with Gasteiger partial charge in [0.25, 0.3) is 0 Å². The van der Waals surface area contributed by atoms with Gasteiger partial charge in [-0.2, -0.15) is 0 Å². The number of piperidine rings is 1. The van der Waals surface area contributed by atoms with Crippen LogP contribution in [0.4, 0.5) is 0 Å². The molecule has 1 heterocycles. The molecule has 1 fully saturated rings. The Morgan fingerprint density at radius 3 is 2.94 bits per heavy atom. The van der Waals surface area contributed by atoms with Crippen LogP contribution in [0.2, 0.25) is 0 Å². The van der Waals surface area contributed by atoms with Crippen LogP contribution in [0, 0.1) is 12.8 Å². The summed E-state index contributed by atoms with van der Waals surface area (Å²) in [6.07, 6.45) is 4.96. The van der Waals surface area contributed by atoms with Crippen molar-refractivity contribution in [1.82, 2.24) is 5.32 Å². The average Bonchev–Trinajstić information content (AvgIpc) is 2.37. The van der Waals surface area contributed by atoms with Crippen molar-refractivity contribution in [2.45, 2.75) is 45.6 Å². The van der Waals surface area contributed by atoms with Crippen molar-refractivity contribution in [3.05, 3.63) is 29.3 Å². The minimum atomic E-state index is 0.680. The minimum Gasteiger partial charge on any atom is -0.496 e. The summed E-state index contributed by atoms with van der Waals surface area (Å²) < 4.78 is 5.44. The molecule has 2 nitrogen and oxygen atoms in total. The van der Waals surface area contributed by atoms with Gasteiger partial charge < -0.3 is 10.1 Å². The van der Waals surface area contributed by atoms with Gasteiger partial charge in [0.15, 0.2) is 0 Å². The van der Waals surface area contributed by atoms with E-state index < -0.39 is 0 Å². The van der Waals surface area contributed by atoms with E-state index in [9.17, 15) is 0 Å². The van der Waals surface area contributed by atoms with Gasteiger partial charge in [-0.15, -0.1) is 0 Å². The van der Waals surface area contributed by atoms with Crippen LogP contribution >= 0.6 is 0 Å². The van der Waals surface area contributed by atoms with E-state index in [-0.39, 0.29) is 0 Å². The molecule has 0 amide bonds. The second-order valence-electron chi connectivity index (χ2n) is 5.63. The van der Waals surface area contributed by atoms with E-state index in [1.165, 1.54) is 36.9 Å². The zero-order chi connectivity index (χ0) is 13.0. The van der Waals surface area contributed by atoms with Gasteiger partial charge in [-0.1, -0.05) is 24.6 Å². The van der Waals surface area contributed by atoms with Crippen LogP contribution in [-0.2, 0) is 6.42 Å². The maximum Gasteiger partial charge on any atom is 0.122 e. The lowest BCUT2D eigenvalue weighted by Gasteiger charge is -2.28. The highest BCUT2D eigenvalue weighted by molar-refractivity contribution is 5.36. The topological polar surface area (TPSA) is 21.3 Å². The smallest absolute Gasteiger partial charge is 0.122 e. The first-order valence-corrected chi connectivity index (χ1v) is 7.06. The third-order valence-electron chi connectivity index (χ3n) is 3.96. The quantitative estimate of drug-likeness (QED) is 0.881. The van der Waals surface area contributed by atoms with E-state index in [1.54, 1.807) is 7.11 Å². The molecule has 0 bridgehead atoms. The van der Waals surface area contributed by atoms with Crippen molar-refractivity contribution in [3.63, 3.8) is 0 Å². The highest BCUT2D eigenvalue weighted by atomic mass is 16.5. The Kier molecular flexibility index (Phi) is 4.65. The molecule has 0 aromatic heterocycles. The summed E-state index contributed by atoms with van der Waals surface area (Å²) >= 11 is 0. The van der Waals surface area contributed by atoms with Crippen molar-refractivity contribution in [3.8, 4) is 5.75 Å². The molecule has 2 rings (SSSR count). The number of ether oxygens (including phenoxy) is 1. The zero-order valence-corrected chi connectivity index (χ0v) is 11.8. The second-order valence-corrected chi connectivity index (χ2v) is 5.63. The summed E-state index contributed by atoms with van der Waals surface area (Å²) in [7, 11) is 1.76. The molecule has 1 aliphatic rings. The maximum atomic E-state index is 5.44. The predicted octanol–water partition coefficient (Wildman–Crippen LogP) is 3.32. The Morgan fingerprint density at radius 1 is 1.39 bits per heavy atom. The lowest BCUT2D eigenvalue weighted by atomic mass is 9.90. The Morgan fingerprint density at radius 2 is 2.22 bits per heavy atom. The average molecular weight is 247 g/mol. The van der Waals surface area contributed by atoms with Gasteiger partial charge in [-0.05, 0) is 56.7 Å². The van der Waals surface area contributed by atoms with Crippen molar-refractivity contribution in [2.75, 3.05) is 13.7 Å². The summed E-state index contributed by atoms with van der Waals surface area (Å²) in [4.78, 5) is 0. The van der Waals surface area contributed by atoms with Crippen molar-refractivity contribution < 1.29 is 4.74 Å². The Hall–Kier alpha value is -1.02. The summed E-state index contributed by atoms with van der Waals surface area (Å²) in [6.45, 7) is 5.68. The third kappa shape index (κ3) is 3.49. The lowest BCUT2D eigenvalue weighted by molar-refractivity contribution is 0.307. The fraction of sp³-hybridized carbons (Fsp3) is 0.625. The van der Waals surface area contributed by atoms with E-state index in [0.29, 0.717) is 6.04 Å². The van der Waals surface area contributed by atoms with Crippen LogP contribution in [0.5, 0.6) is 5.75 Å². The molecule has 1 saturated heterocycles. The molecular formula is C16H25NO. The van der Waals surface area contributed by atoms with Crippen LogP contribution in [0.3, 0.4) is 0 Å². The molecule has 0 spiro atoms. The molecule has 0 saturated carbocycles. The zero-order valence-electron chi connectivity index (χ0n) is 11.8. The van der Waals surface area contributed by atoms with Gasteiger partial charge in [0.1, 0.15) is 5.75 Å². The summed E-state index contributed by atoms with van der Waals surface area (Å²) in [5.74, 6) is 1.90. The largest absolute Gasteiger partial charge is 0.496 e. The van der Waals surface area contributed by atoms with Crippen LogP contribution in [-0.4, -0.2) is 19.7 Å². The number of rotatable bonds is 4. The van der Waals surface area contributed by atoms with E-state index in [0.717, 1.165) is 18.1 Å². The molecule has 2 atom stereocenters. The first-order valence-electron chi connectivity index (χ1n) is 7.06. The standard InChI is InChI=1S/C16H25NO/c1-12-4-7-16(18-3)14(10-12)5-6-15-11-13(2)8-9-17-15/h4,7,10,13,15,17H,5-6,8-9,11H2,1-3H3. The Bertz CT molecular complexity index is 389. The number of aryl methyl sites for hydroxylation is 2. The Balaban J connectivity index is 1.94. The fourth-order valence-electron chi connectivity index (χ4n) is 2.87. The molecule has 1 aromatic carbocycles. The Labute approximate surface area is 111 Å². The van der Waals surface area contributed by atoms with Crippen LogP contribution < -0.4 is 10.1 Å². The summed E-state index contributed by atoms with van der Waals surface area (Å²) in [5, 5.41) is 3.63. The molecule has 0 radical (unpaired) electrons. The van der Waals surface area contributed by atoms with Crippen LogP contribution in [0.15, 0.2) is 18.2 Å². The van der Waals surface area contributed by atoms with Gasteiger partial charge in [0.2, 0.25) is 0 Å². The minimum absolute atomic E-state index is 0.680. The highest BCUT2D eigenvalue weighted by Crippen LogP contribution is 2.24. The third-order valence-corrected chi connectivity index (χ3v) is 3.96. The van der Waals surface area contributed by atoms with E-state index in [4.69, 9.17) is 4.74 Å². The number of methoxy groups -OCH3 is 1. The first kappa shape index (κ1) is 13.4. The SMILES string of the molecule is COc1ccc(C)cc1CCC1CC(C)CCN1. The van der Waals surface area contributed by atoms with Gasteiger partial charge in [-0.3, -0.25) is 0 Å². The molecule has 100 valence electrons. The lowest BCUT2D eigenvalue weighted by Crippen LogP contribution is -2.37. The first-order chi connectivity index (χ1) is 8.69. The summed E-state index contributed by atoms with van der Waals surface area (Å²) in [5.41, 5.74) is 2.66. The van der Waals surface area contributed by atoms with Gasteiger partial charge in [-0.25, -0.2) is 0 Å². The number of nitrogens with one attached hydrogen (secondary N) is 1. The number of hydrogen-bond acceptors (Lipinski definition) is 2. The van der Waals surface area contributed by atoms with Gasteiger partial charge in [0.05, 0.1) is 7.11 Å². The normalized spacial score (nSPS) is 23.9. The predicted molar refractivity (Wildman–Crippen MR) is 76.2 cm³/mol. The van der Waals surface area contributed by atoms with Gasteiger partial charge in [0, 0.05) is 6.04 Å². The molecule has 1 aromatic rings. The highest BCUT2D eigenvalue weighted by Gasteiger charge is 2.18. The monoisotopic (exact) mass is 247 g/mol. The van der Waals surface area contributed by atoms with Crippen LogP contribution in [0.25, 0.3) is 0 Å². The van der Waals surface area contributed by atoms with Crippen LogP contribution in [0.1, 0.15) is 37.3 Å².